The highest BCUT2D eigenvalue weighted by Gasteiger charge is 2.16. The normalized spacial score (nSPS) is 13.7. The number of benzene rings is 1. The topological polar surface area (TPSA) is 63.2 Å². The van der Waals surface area contributed by atoms with Crippen molar-refractivity contribution < 1.29 is 19.3 Å². The molecule has 0 radical (unpaired) electrons. The van der Waals surface area contributed by atoms with Crippen LogP contribution in [-0.4, -0.2) is 63.6 Å². The fourth-order valence-corrected chi connectivity index (χ4v) is 2.35. The molecule has 25 heavy (non-hydrogen) atoms. The van der Waals surface area contributed by atoms with E-state index in [-0.39, 0.29) is 30.9 Å². The van der Waals surface area contributed by atoms with Gasteiger partial charge in [0.05, 0.1) is 21.3 Å². The molecule has 2 rings (SSSR count). The molecular weight excluding hydrogens is 367 g/mol. The van der Waals surface area contributed by atoms with Crippen molar-refractivity contribution in [2.45, 2.75) is 26.5 Å². The molecule has 1 saturated heterocycles. The number of piperazine rings is 1. The highest BCUT2D eigenvalue weighted by Crippen LogP contribution is 2.38. The molecule has 0 bridgehead atoms. The van der Waals surface area contributed by atoms with E-state index >= 15 is 0 Å². The van der Waals surface area contributed by atoms with Crippen LogP contribution < -0.4 is 19.5 Å². The van der Waals surface area contributed by atoms with Crippen molar-refractivity contribution in [3.8, 4) is 17.2 Å². The molecular formula is C17H32Cl2N2O4. The van der Waals surface area contributed by atoms with Crippen molar-refractivity contribution in [1.82, 2.24) is 10.2 Å². The van der Waals surface area contributed by atoms with Crippen LogP contribution in [0, 0.1) is 0 Å². The van der Waals surface area contributed by atoms with Crippen LogP contribution in [0.4, 0.5) is 0 Å². The van der Waals surface area contributed by atoms with Crippen molar-refractivity contribution in [3.63, 3.8) is 0 Å². The predicted molar refractivity (Wildman–Crippen MR) is 106 cm³/mol. The maximum atomic E-state index is 8.06. The lowest BCUT2D eigenvalue weighted by atomic mass is 10.1. The van der Waals surface area contributed by atoms with E-state index in [1.165, 1.54) is 5.56 Å². The van der Waals surface area contributed by atoms with Crippen LogP contribution in [0.3, 0.4) is 0 Å². The van der Waals surface area contributed by atoms with Gasteiger partial charge in [0.2, 0.25) is 5.75 Å². The van der Waals surface area contributed by atoms with E-state index in [1.54, 1.807) is 35.2 Å². The molecule has 1 fully saturated rings. The summed E-state index contributed by atoms with van der Waals surface area (Å²) in [5.74, 6) is 2.08. The number of aliphatic hydroxyl groups is 1. The van der Waals surface area contributed by atoms with E-state index in [4.69, 9.17) is 19.3 Å². The number of hydrogen-bond donors (Lipinski definition) is 2. The summed E-state index contributed by atoms with van der Waals surface area (Å²) in [7, 11) is 4.91. The zero-order valence-corrected chi connectivity index (χ0v) is 17.3. The zero-order chi connectivity index (χ0) is 17.2. The molecule has 0 aromatic heterocycles. The van der Waals surface area contributed by atoms with Gasteiger partial charge in [-0.1, -0.05) is 0 Å². The molecule has 2 N–H and O–H groups in total. The molecule has 1 aromatic carbocycles. The van der Waals surface area contributed by atoms with Crippen LogP contribution in [0.25, 0.3) is 0 Å². The maximum absolute atomic E-state index is 8.06. The maximum Gasteiger partial charge on any atom is 0.203 e. The Kier molecular flexibility index (Phi) is 15.0. The van der Waals surface area contributed by atoms with E-state index in [9.17, 15) is 0 Å². The van der Waals surface area contributed by atoms with E-state index in [0.717, 1.165) is 32.7 Å². The Labute approximate surface area is 163 Å². The molecule has 1 aliphatic heterocycles. The molecule has 1 aliphatic rings. The highest BCUT2D eigenvalue weighted by molar-refractivity contribution is 5.85. The lowest BCUT2D eigenvalue weighted by Crippen LogP contribution is -2.42. The highest BCUT2D eigenvalue weighted by atomic mass is 35.5. The first-order valence-corrected chi connectivity index (χ1v) is 7.91. The summed E-state index contributed by atoms with van der Waals surface area (Å²) in [5, 5.41) is 11.4. The van der Waals surface area contributed by atoms with Gasteiger partial charge in [-0.15, -0.1) is 24.8 Å². The van der Waals surface area contributed by atoms with Crippen LogP contribution in [0.1, 0.15) is 19.4 Å². The number of halogens is 2. The summed E-state index contributed by atoms with van der Waals surface area (Å²) in [6.45, 7) is 8.57. The second-order valence-corrected chi connectivity index (χ2v) is 5.65. The first-order chi connectivity index (χ1) is 11.0. The average molecular weight is 399 g/mol. The number of aliphatic hydroxyl groups excluding tert-OH is 1. The Balaban J connectivity index is 0. The van der Waals surface area contributed by atoms with E-state index in [2.05, 4.69) is 10.2 Å². The van der Waals surface area contributed by atoms with Gasteiger partial charge >= 0.3 is 0 Å². The molecule has 0 unspecified atom stereocenters. The number of hydrogen-bond acceptors (Lipinski definition) is 6. The van der Waals surface area contributed by atoms with E-state index in [0.29, 0.717) is 17.2 Å². The number of rotatable bonds is 5. The number of nitrogens with one attached hydrogen (secondary N) is 1. The van der Waals surface area contributed by atoms with Gasteiger partial charge in [-0.05, 0) is 31.5 Å². The average Bonchev–Trinajstić information content (AvgIpc) is 2.54. The van der Waals surface area contributed by atoms with Gasteiger partial charge in [-0.2, -0.15) is 0 Å². The third-order valence-electron chi connectivity index (χ3n) is 3.34. The lowest BCUT2D eigenvalue weighted by molar-refractivity contribution is 0.216. The monoisotopic (exact) mass is 398 g/mol. The first-order valence-electron chi connectivity index (χ1n) is 7.91. The fraction of sp³-hybridized carbons (Fsp3) is 0.647. The number of ether oxygens (including phenoxy) is 3. The quantitative estimate of drug-likeness (QED) is 0.793. The Morgan fingerprint density at radius 3 is 1.80 bits per heavy atom. The summed E-state index contributed by atoms with van der Waals surface area (Å²) in [4.78, 5) is 2.41. The van der Waals surface area contributed by atoms with Crippen LogP contribution in [-0.2, 0) is 6.54 Å². The lowest BCUT2D eigenvalue weighted by Gasteiger charge is -2.27. The summed E-state index contributed by atoms with van der Waals surface area (Å²) < 4.78 is 16.1. The fourth-order valence-electron chi connectivity index (χ4n) is 2.35. The molecule has 6 nitrogen and oxygen atoms in total. The Morgan fingerprint density at radius 2 is 1.44 bits per heavy atom. The minimum Gasteiger partial charge on any atom is -0.493 e. The smallest absolute Gasteiger partial charge is 0.203 e. The molecule has 8 heteroatoms. The molecule has 0 spiro atoms. The molecule has 1 aromatic rings. The van der Waals surface area contributed by atoms with Crippen LogP contribution in [0.5, 0.6) is 17.2 Å². The molecule has 148 valence electrons. The van der Waals surface area contributed by atoms with Gasteiger partial charge in [0.25, 0.3) is 0 Å². The predicted octanol–water partition coefficient (Wildman–Crippen LogP) is 2.35. The number of methoxy groups -OCH3 is 3. The van der Waals surface area contributed by atoms with Crippen LogP contribution in [0.2, 0.25) is 0 Å². The molecule has 0 saturated carbocycles. The van der Waals surface area contributed by atoms with Crippen LogP contribution >= 0.6 is 24.8 Å². The molecule has 1 heterocycles. The molecule has 0 aliphatic carbocycles. The summed E-state index contributed by atoms with van der Waals surface area (Å²) in [6.07, 6.45) is -0.167. The SMILES string of the molecule is CC(C)O.COc1cc(CN2CCNCC2)cc(OC)c1OC.Cl.Cl. The number of nitrogens with zero attached hydrogens (tertiary/aromatic N) is 1. The van der Waals surface area contributed by atoms with Crippen molar-refractivity contribution in [3.05, 3.63) is 17.7 Å². The summed E-state index contributed by atoms with van der Waals surface area (Å²) in [6, 6.07) is 4.03. The first kappa shape index (κ1) is 26.3. The van der Waals surface area contributed by atoms with E-state index < -0.39 is 0 Å². The van der Waals surface area contributed by atoms with Gasteiger partial charge in [0, 0.05) is 38.8 Å². The van der Waals surface area contributed by atoms with E-state index in [1.807, 2.05) is 12.1 Å². The third kappa shape index (κ3) is 9.37. The van der Waals surface area contributed by atoms with Crippen molar-refractivity contribution in [2.75, 3.05) is 47.5 Å². The van der Waals surface area contributed by atoms with Gasteiger partial charge in [-0.25, -0.2) is 0 Å². The van der Waals surface area contributed by atoms with Crippen LogP contribution in [0.15, 0.2) is 12.1 Å². The van der Waals surface area contributed by atoms with Gasteiger partial charge < -0.3 is 24.6 Å². The summed E-state index contributed by atoms with van der Waals surface area (Å²) in [5.41, 5.74) is 1.18. The summed E-state index contributed by atoms with van der Waals surface area (Å²) >= 11 is 0. The molecule has 0 atom stereocenters. The Hall–Kier alpha value is -0.920. The Bertz CT molecular complexity index is 442. The van der Waals surface area contributed by atoms with Crippen molar-refractivity contribution in [2.24, 2.45) is 0 Å². The van der Waals surface area contributed by atoms with Gasteiger partial charge in [0.1, 0.15) is 0 Å². The van der Waals surface area contributed by atoms with Gasteiger partial charge in [0.15, 0.2) is 11.5 Å². The zero-order valence-electron chi connectivity index (χ0n) is 15.7. The molecule has 0 amide bonds. The minimum absolute atomic E-state index is 0. The Morgan fingerprint density at radius 1 is 1.00 bits per heavy atom. The largest absolute Gasteiger partial charge is 0.493 e. The standard InChI is InChI=1S/C14H22N2O3.C3H8O.2ClH/c1-17-12-8-11(9-13(18-2)14(12)19-3)10-16-6-4-15-5-7-16;1-3(2)4;;/h8-9,15H,4-7,10H2,1-3H3;3-4H,1-2H3;2*1H. The minimum atomic E-state index is -0.167. The second-order valence-electron chi connectivity index (χ2n) is 5.65. The van der Waals surface area contributed by atoms with Gasteiger partial charge in [-0.3, -0.25) is 4.90 Å². The van der Waals surface area contributed by atoms with Crippen molar-refractivity contribution >= 4 is 24.8 Å². The second kappa shape index (κ2) is 14.3. The third-order valence-corrected chi connectivity index (χ3v) is 3.34. The van der Waals surface area contributed by atoms with Crippen molar-refractivity contribution in [1.29, 1.82) is 0 Å².